The van der Waals surface area contributed by atoms with Gasteiger partial charge in [0, 0.05) is 30.5 Å². The van der Waals surface area contributed by atoms with Crippen molar-refractivity contribution in [3.63, 3.8) is 0 Å². The monoisotopic (exact) mass is 377 g/mol. The zero-order valence-corrected chi connectivity index (χ0v) is 15.1. The lowest BCUT2D eigenvalue weighted by Crippen LogP contribution is -2.17. The summed E-state index contributed by atoms with van der Waals surface area (Å²) in [5.74, 6) is -0.0302. The second kappa shape index (κ2) is 7.56. The summed E-state index contributed by atoms with van der Waals surface area (Å²) in [6.45, 7) is 2.12. The van der Waals surface area contributed by atoms with Gasteiger partial charge in [0.2, 0.25) is 0 Å². The molecule has 7 nitrogen and oxygen atoms in total. The van der Waals surface area contributed by atoms with E-state index in [4.69, 9.17) is 4.42 Å². The van der Waals surface area contributed by atoms with Gasteiger partial charge in [-0.05, 0) is 55.3 Å². The maximum atomic E-state index is 12.5. The smallest absolute Gasteiger partial charge is 0.291 e. The maximum Gasteiger partial charge on any atom is 0.291 e. The minimum Gasteiger partial charge on any atom is -0.451 e. The van der Waals surface area contributed by atoms with Crippen LogP contribution in [0.2, 0.25) is 0 Å². The van der Waals surface area contributed by atoms with Crippen molar-refractivity contribution >= 4 is 23.0 Å². The molecule has 7 heteroatoms. The molecule has 1 saturated heterocycles. The molecule has 1 aliphatic heterocycles. The Morgan fingerprint density at radius 3 is 2.43 bits per heavy atom. The molecule has 2 aromatic carbocycles. The van der Waals surface area contributed by atoms with Crippen LogP contribution in [0.25, 0.3) is 11.3 Å². The molecule has 0 aliphatic carbocycles. The van der Waals surface area contributed by atoms with Crippen LogP contribution >= 0.6 is 0 Å². The Morgan fingerprint density at radius 2 is 1.71 bits per heavy atom. The van der Waals surface area contributed by atoms with Gasteiger partial charge in [-0.1, -0.05) is 12.1 Å². The van der Waals surface area contributed by atoms with Crippen LogP contribution < -0.4 is 10.2 Å². The van der Waals surface area contributed by atoms with Crippen LogP contribution in [0.4, 0.5) is 17.1 Å². The molecule has 142 valence electrons. The summed E-state index contributed by atoms with van der Waals surface area (Å²) >= 11 is 0. The predicted octanol–water partition coefficient (Wildman–Crippen LogP) is 4.71. The number of furan rings is 1. The molecular formula is C21H19N3O4. The van der Waals surface area contributed by atoms with Crippen LogP contribution in [0.5, 0.6) is 0 Å². The van der Waals surface area contributed by atoms with Crippen molar-refractivity contribution < 1.29 is 14.1 Å². The average molecular weight is 377 g/mol. The number of rotatable bonds is 5. The first-order chi connectivity index (χ1) is 13.6. The molecule has 0 atom stereocenters. The van der Waals surface area contributed by atoms with E-state index < -0.39 is 10.8 Å². The second-order valence-electron chi connectivity index (χ2n) is 6.63. The number of amides is 1. The summed E-state index contributed by atoms with van der Waals surface area (Å²) in [4.78, 5) is 25.5. The average Bonchev–Trinajstić information content (AvgIpc) is 3.41. The van der Waals surface area contributed by atoms with Gasteiger partial charge >= 0.3 is 0 Å². The molecule has 28 heavy (non-hydrogen) atoms. The van der Waals surface area contributed by atoms with Gasteiger partial charge in [-0.25, -0.2) is 0 Å². The van der Waals surface area contributed by atoms with E-state index in [0.717, 1.165) is 18.8 Å². The number of nitro benzene ring substituents is 1. The van der Waals surface area contributed by atoms with Crippen molar-refractivity contribution in [1.82, 2.24) is 0 Å². The first-order valence-corrected chi connectivity index (χ1v) is 9.12. The number of hydrogen-bond acceptors (Lipinski definition) is 5. The van der Waals surface area contributed by atoms with Gasteiger partial charge in [0.05, 0.1) is 10.5 Å². The standard InChI is InChI=1S/C21H19N3O4/c25-21(22-15-7-9-16(10-8-15)23-13-3-4-14-23)20-12-11-19(28-20)17-5-1-2-6-18(17)24(26)27/h1-2,5-12H,3-4,13-14H2,(H,22,25). The van der Waals surface area contributed by atoms with E-state index in [-0.39, 0.29) is 17.2 Å². The summed E-state index contributed by atoms with van der Waals surface area (Å²) in [6, 6.07) is 17.0. The Kier molecular flexibility index (Phi) is 4.80. The predicted molar refractivity (Wildman–Crippen MR) is 107 cm³/mol. The van der Waals surface area contributed by atoms with Gasteiger partial charge < -0.3 is 14.6 Å². The molecular weight excluding hydrogens is 358 g/mol. The fraction of sp³-hybridized carbons (Fsp3) is 0.190. The highest BCUT2D eigenvalue weighted by atomic mass is 16.6. The van der Waals surface area contributed by atoms with Gasteiger partial charge in [0.25, 0.3) is 11.6 Å². The molecule has 0 saturated carbocycles. The van der Waals surface area contributed by atoms with Crippen molar-refractivity contribution in [2.75, 3.05) is 23.3 Å². The minimum atomic E-state index is -0.473. The minimum absolute atomic E-state index is 0.0682. The van der Waals surface area contributed by atoms with Crippen molar-refractivity contribution in [1.29, 1.82) is 0 Å². The van der Waals surface area contributed by atoms with Gasteiger partial charge in [-0.15, -0.1) is 0 Å². The molecule has 1 fully saturated rings. The Morgan fingerprint density at radius 1 is 1.00 bits per heavy atom. The summed E-state index contributed by atoms with van der Waals surface area (Å²) in [6.07, 6.45) is 2.41. The number of hydrogen-bond donors (Lipinski definition) is 1. The van der Waals surface area contributed by atoms with E-state index in [1.807, 2.05) is 24.3 Å². The van der Waals surface area contributed by atoms with Crippen LogP contribution in [-0.4, -0.2) is 23.9 Å². The van der Waals surface area contributed by atoms with Crippen LogP contribution in [-0.2, 0) is 0 Å². The van der Waals surface area contributed by atoms with Gasteiger partial charge in [-0.3, -0.25) is 14.9 Å². The molecule has 1 N–H and O–H groups in total. The quantitative estimate of drug-likeness (QED) is 0.514. The molecule has 0 radical (unpaired) electrons. The summed E-state index contributed by atoms with van der Waals surface area (Å²) in [5.41, 5.74) is 2.08. The van der Waals surface area contributed by atoms with Crippen LogP contribution in [0.1, 0.15) is 23.4 Å². The number of nitro groups is 1. The molecule has 4 rings (SSSR count). The molecule has 1 aliphatic rings. The molecule has 0 bridgehead atoms. The van der Waals surface area contributed by atoms with E-state index in [9.17, 15) is 14.9 Å². The fourth-order valence-corrected chi connectivity index (χ4v) is 3.37. The lowest BCUT2D eigenvalue weighted by molar-refractivity contribution is -0.384. The van der Waals surface area contributed by atoms with E-state index in [1.54, 1.807) is 24.3 Å². The topological polar surface area (TPSA) is 88.6 Å². The highest BCUT2D eigenvalue weighted by Gasteiger charge is 2.19. The Balaban J connectivity index is 1.48. The van der Waals surface area contributed by atoms with Gasteiger partial charge in [0.15, 0.2) is 5.76 Å². The lowest BCUT2D eigenvalue weighted by Gasteiger charge is -2.17. The Bertz CT molecular complexity index is 1000. The fourth-order valence-electron chi connectivity index (χ4n) is 3.37. The van der Waals surface area contributed by atoms with Crippen molar-refractivity contribution in [2.45, 2.75) is 12.8 Å². The zero-order valence-electron chi connectivity index (χ0n) is 15.1. The van der Waals surface area contributed by atoms with Gasteiger partial charge in [0.1, 0.15) is 5.76 Å². The normalized spacial score (nSPS) is 13.5. The van der Waals surface area contributed by atoms with E-state index >= 15 is 0 Å². The number of nitrogens with zero attached hydrogens (tertiary/aromatic N) is 2. The van der Waals surface area contributed by atoms with Crippen LogP contribution in [0.3, 0.4) is 0 Å². The summed E-state index contributed by atoms with van der Waals surface area (Å²) in [5, 5.41) is 14.0. The van der Waals surface area contributed by atoms with Crippen LogP contribution in [0, 0.1) is 10.1 Å². The highest BCUT2D eigenvalue weighted by molar-refractivity contribution is 6.02. The molecule has 1 aromatic heterocycles. The second-order valence-corrected chi connectivity index (χ2v) is 6.63. The molecule has 0 unspecified atom stereocenters. The molecule has 1 amide bonds. The first kappa shape index (κ1) is 17.8. The molecule has 2 heterocycles. The van der Waals surface area contributed by atoms with Gasteiger partial charge in [-0.2, -0.15) is 0 Å². The number of carbonyl (C=O) groups is 1. The van der Waals surface area contributed by atoms with Crippen molar-refractivity contribution in [3.05, 3.63) is 76.5 Å². The van der Waals surface area contributed by atoms with E-state index in [2.05, 4.69) is 10.2 Å². The lowest BCUT2D eigenvalue weighted by atomic mass is 10.1. The highest BCUT2D eigenvalue weighted by Crippen LogP contribution is 2.31. The van der Waals surface area contributed by atoms with Crippen LogP contribution in [0.15, 0.2) is 65.1 Å². The largest absolute Gasteiger partial charge is 0.451 e. The SMILES string of the molecule is O=C(Nc1ccc(N2CCCC2)cc1)c1ccc(-c2ccccc2[N+](=O)[O-])o1. The van der Waals surface area contributed by atoms with E-state index in [1.165, 1.54) is 25.0 Å². The Labute approximate surface area is 161 Å². The molecule has 0 spiro atoms. The summed E-state index contributed by atoms with van der Waals surface area (Å²) in [7, 11) is 0. The third-order valence-corrected chi connectivity index (χ3v) is 4.79. The Hall–Kier alpha value is -3.61. The third kappa shape index (κ3) is 3.59. The first-order valence-electron chi connectivity index (χ1n) is 9.12. The number of anilines is 2. The van der Waals surface area contributed by atoms with E-state index in [0.29, 0.717) is 11.3 Å². The number of para-hydroxylation sites is 1. The van der Waals surface area contributed by atoms with Crippen molar-refractivity contribution in [2.24, 2.45) is 0 Å². The molecule has 3 aromatic rings. The maximum absolute atomic E-state index is 12.5. The third-order valence-electron chi connectivity index (χ3n) is 4.79. The number of carbonyl (C=O) groups excluding carboxylic acids is 1. The summed E-state index contributed by atoms with van der Waals surface area (Å²) < 4.78 is 5.57. The number of nitrogens with one attached hydrogen (secondary N) is 1. The number of benzene rings is 2. The zero-order chi connectivity index (χ0) is 19.5. The van der Waals surface area contributed by atoms with Crippen molar-refractivity contribution in [3.8, 4) is 11.3 Å².